The van der Waals surface area contributed by atoms with Gasteiger partial charge in [0.15, 0.2) is 0 Å². The zero-order valence-electron chi connectivity index (χ0n) is 9.95. The third-order valence-corrected chi connectivity index (χ3v) is 3.23. The number of likely N-dealkylation sites (tertiary alicyclic amines) is 1. The van der Waals surface area contributed by atoms with Crippen LogP contribution in [0.1, 0.15) is 30.1 Å². The Morgan fingerprint density at radius 1 is 1.53 bits per heavy atom. The molecule has 3 nitrogen and oxygen atoms in total. The normalized spacial score (nSPS) is 20.4. The van der Waals surface area contributed by atoms with Crippen molar-refractivity contribution in [3.05, 3.63) is 29.6 Å². The van der Waals surface area contributed by atoms with Crippen molar-refractivity contribution in [2.24, 2.45) is 5.92 Å². The molecule has 1 aliphatic rings. The molecule has 0 aliphatic carbocycles. The smallest absolute Gasteiger partial charge is 0.256 e. The van der Waals surface area contributed by atoms with Gasteiger partial charge in [-0.25, -0.2) is 4.39 Å². The van der Waals surface area contributed by atoms with Gasteiger partial charge < -0.3 is 10.6 Å². The number of nitrogen functional groups attached to an aromatic ring is 1. The van der Waals surface area contributed by atoms with Gasteiger partial charge in [-0.05, 0) is 30.9 Å². The van der Waals surface area contributed by atoms with Crippen LogP contribution < -0.4 is 5.73 Å². The molecule has 1 aromatic carbocycles. The van der Waals surface area contributed by atoms with Crippen LogP contribution in [0.3, 0.4) is 0 Å². The average Bonchev–Trinajstić information content (AvgIpc) is 2.32. The number of hydrogen-bond donors (Lipinski definition) is 1. The summed E-state index contributed by atoms with van der Waals surface area (Å²) in [7, 11) is 0. The maximum absolute atomic E-state index is 13.3. The first-order chi connectivity index (χ1) is 8.09. The number of hydrogen-bond acceptors (Lipinski definition) is 2. The molecule has 0 aromatic heterocycles. The largest absolute Gasteiger partial charge is 0.396 e. The van der Waals surface area contributed by atoms with Gasteiger partial charge in [-0.3, -0.25) is 4.79 Å². The van der Waals surface area contributed by atoms with Crippen molar-refractivity contribution in [3.8, 4) is 0 Å². The maximum Gasteiger partial charge on any atom is 0.256 e. The van der Waals surface area contributed by atoms with Crippen LogP contribution in [0.4, 0.5) is 10.1 Å². The fourth-order valence-electron chi connectivity index (χ4n) is 2.27. The Morgan fingerprint density at radius 2 is 2.29 bits per heavy atom. The van der Waals surface area contributed by atoms with E-state index in [0.29, 0.717) is 5.92 Å². The third kappa shape index (κ3) is 2.40. The number of benzene rings is 1. The summed E-state index contributed by atoms with van der Waals surface area (Å²) in [6, 6.07) is 4.37. The van der Waals surface area contributed by atoms with E-state index < -0.39 is 5.82 Å². The van der Waals surface area contributed by atoms with Crippen LogP contribution in [0, 0.1) is 11.7 Å². The molecular weight excluding hydrogens is 219 g/mol. The van der Waals surface area contributed by atoms with Crippen LogP contribution >= 0.6 is 0 Å². The minimum Gasteiger partial charge on any atom is -0.396 e. The van der Waals surface area contributed by atoms with Gasteiger partial charge in [0, 0.05) is 13.1 Å². The zero-order chi connectivity index (χ0) is 12.4. The first-order valence-electron chi connectivity index (χ1n) is 5.93. The maximum atomic E-state index is 13.3. The topological polar surface area (TPSA) is 46.3 Å². The van der Waals surface area contributed by atoms with E-state index in [-0.39, 0.29) is 17.2 Å². The number of halogens is 1. The molecule has 2 N–H and O–H groups in total. The molecule has 0 radical (unpaired) electrons. The molecule has 92 valence electrons. The summed E-state index contributed by atoms with van der Waals surface area (Å²) in [6.07, 6.45) is 2.14. The van der Waals surface area contributed by atoms with Gasteiger partial charge in [-0.1, -0.05) is 13.0 Å². The highest BCUT2D eigenvalue weighted by atomic mass is 19.1. The lowest BCUT2D eigenvalue weighted by Crippen LogP contribution is -2.39. The number of piperidine rings is 1. The molecule has 1 saturated heterocycles. The van der Waals surface area contributed by atoms with Crippen LogP contribution in [-0.2, 0) is 0 Å². The van der Waals surface area contributed by atoms with E-state index in [1.165, 1.54) is 12.1 Å². The van der Waals surface area contributed by atoms with E-state index in [9.17, 15) is 9.18 Å². The quantitative estimate of drug-likeness (QED) is 0.760. The van der Waals surface area contributed by atoms with Crippen LogP contribution in [0.5, 0.6) is 0 Å². The molecule has 1 unspecified atom stereocenters. The van der Waals surface area contributed by atoms with Gasteiger partial charge in [-0.15, -0.1) is 0 Å². The molecule has 0 bridgehead atoms. The number of amides is 1. The number of nitrogens with zero attached hydrogens (tertiary/aromatic N) is 1. The molecule has 1 aliphatic heterocycles. The number of carbonyl (C=O) groups is 1. The van der Waals surface area contributed by atoms with Gasteiger partial charge in [0.2, 0.25) is 0 Å². The van der Waals surface area contributed by atoms with Gasteiger partial charge >= 0.3 is 0 Å². The Kier molecular flexibility index (Phi) is 3.31. The molecule has 0 saturated carbocycles. The second kappa shape index (κ2) is 4.73. The van der Waals surface area contributed by atoms with Gasteiger partial charge in [0.05, 0.1) is 11.3 Å². The van der Waals surface area contributed by atoms with Crippen molar-refractivity contribution < 1.29 is 9.18 Å². The lowest BCUT2D eigenvalue weighted by molar-refractivity contribution is 0.0683. The Bertz CT molecular complexity index is 433. The highest BCUT2D eigenvalue weighted by molar-refractivity contribution is 5.99. The monoisotopic (exact) mass is 236 g/mol. The highest BCUT2D eigenvalue weighted by Crippen LogP contribution is 2.22. The number of rotatable bonds is 1. The Balaban J connectivity index is 2.22. The molecule has 1 heterocycles. The van der Waals surface area contributed by atoms with Crippen molar-refractivity contribution in [2.75, 3.05) is 18.8 Å². The number of carbonyl (C=O) groups excluding carboxylic acids is 1. The molecule has 1 aromatic rings. The van der Waals surface area contributed by atoms with Gasteiger partial charge in [0.25, 0.3) is 5.91 Å². The number of nitrogens with two attached hydrogens (primary N) is 1. The molecule has 1 amide bonds. The lowest BCUT2D eigenvalue weighted by Gasteiger charge is -2.31. The first kappa shape index (κ1) is 11.9. The minimum atomic E-state index is -0.527. The van der Waals surface area contributed by atoms with Crippen molar-refractivity contribution in [1.29, 1.82) is 0 Å². The minimum absolute atomic E-state index is 0.0456. The van der Waals surface area contributed by atoms with E-state index in [4.69, 9.17) is 5.73 Å². The second-order valence-corrected chi connectivity index (χ2v) is 4.70. The van der Waals surface area contributed by atoms with Crippen molar-refractivity contribution >= 4 is 11.6 Å². The number of anilines is 1. The first-order valence-corrected chi connectivity index (χ1v) is 5.93. The van der Waals surface area contributed by atoms with Crippen LogP contribution in [0.25, 0.3) is 0 Å². The molecule has 0 spiro atoms. The van der Waals surface area contributed by atoms with Crippen LogP contribution in [0.15, 0.2) is 18.2 Å². The van der Waals surface area contributed by atoms with E-state index in [1.807, 2.05) is 0 Å². The van der Waals surface area contributed by atoms with E-state index >= 15 is 0 Å². The molecule has 4 heteroatoms. The predicted octanol–water partition coefficient (Wildman–Crippen LogP) is 2.28. The molecule has 1 fully saturated rings. The summed E-state index contributed by atoms with van der Waals surface area (Å²) in [6.45, 7) is 3.59. The average molecular weight is 236 g/mol. The lowest BCUT2D eigenvalue weighted by atomic mass is 9.99. The number of para-hydroxylation sites is 1. The molecular formula is C13H17FN2O. The van der Waals surface area contributed by atoms with Gasteiger partial charge in [-0.2, -0.15) is 0 Å². The van der Waals surface area contributed by atoms with Crippen LogP contribution in [-0.4, -0.2) is 23.9 Å². The van der Waals surface area contributed by atoms with Gasteiger partial charge in [0.1, 0.15) is 5.82 Å². The SMILES string of the molecule is CC1CCCN(C(=O)c2cccc(F)c2N)C1. The van der Waals surface area contributed by atoms with E-state index in [0.717, 1.165) is 25.9 Å². The van der Waals surface area contributed by atoms with Crippen molar-refractivity contribution in [2.45, 2.75) is 19.8 Å². The third-order valence-electron chi connectivity index (χ3n) is 3.23. The Hall–Kier alpha value is -1.58. The second-order valence-electron chi connectivity index (χ2n) is 4.70. The molecule has 17 heavy (non-hydrogen) atoms. The highest BCUT2D eigenvalue weighted by Gasteiger charge is 2.23. The predicted molar refractivity (Wildman–Crippen MR) is 65.1 cm³/mol. The standard InChI is InChI=1S/C13H17FN2O/c1-9-4-3-7-16(8-9)13(17)10-5-2-6-11(14)12(10)15/h2,5-6,9H,3-4,7-8,15H2,1H3. The Morgan fingerprint density at radius 3 is 3.00 bits per heavy atom. The van der Waals surface area contributed by atoms with E-state index in [1.54, 1.807) is 11.0 Å². The summed E-state index contributed by atoms with van der Waals surface area (Å²) < 4.78 is 13.3. The summed E-state index contributed by atoms with van der Waals surface area (Å²) in [5.74, 6) is -0.183. The summed E-state index contributed by atoms with van der Waals surface area (Å²) in [4.78, 5) is 14.0. The van der Waals surface area contributed by atoms with E-state index in [2.05, 4.69) is 6.92 Å². The summed E-state index contributed by atoms with van der Waals surface area (Å²) in [5, 5.41) is 0. The zero-order valence-corrected chi connectivity index (χ0v) is 9.95. The van der Waals surface area contributed by atoms with Crippen LogP contribution in [0.2, 0.25) is 0 Å². The fraction of sp³-hybridized carbons (Fsp3) is 0.462. The van der Waals surface area contributed by atoms with Crippen molar-refractivity contribution in [1.82, 2.24) is 4.90 Å². The summed E-state index contributed by atoms with van der Waals surface area (Å²) >= 11 is 0. The fourth-order valence-corrected chi connectivity index (χ4v) is 2.27. The molecule has 2 rings (SSSR count). The van der Waals surface area contributed by atoms with Crippen molar-refractivity contribution in [3.63, 3.8) is 0 Å². The molecule has 1 atom stereocenters. The Labute approximate surface area is 100 Å². The summed E-state index contributed by atoms with van der Waals surface area (Å²) in [5.41, 5.74) is 5.83.